The number of allylic oxidation sites excluding steroid dienone is 1. The summed E-state index contributed by atoms with van der Waals surface area (Å²) in [5.74, 6) is 0.900. The number of hydrogen-bond donors (Lipinski definition) is 1. The van der Waals surface area contributed by atoms with Crippen LogP contribution in [-0.4, -0.2) is 43.1 Å². The van der Waals surface area contributed by atoms with E-state index in [9.17, 15) is 14.7 Å². The number of ether oxygens (including phenoxy) is 4. The topological polar surface area (TPSA) is 109 Å². The second-order valence-corrected chi connectivity index (χ2v) is 11.0. The van der Waals surface area contributed by atoms with E-state index in [4.69, 9.17) is 23.9 Å². The molecule has 3 aromatic rings. The summed E-state index contributed by atoms with van der Waals surface area (Å²) in [4.78, 5) is 32.8. The maximum absolute atomic E-state index is 14.1. The molecule has 1 atom stereocenters. The van der Waals surface area contributed by atoms with Gasteiger partial charge in [0.15, 0.2) is 16.3 Å². The quantitative estimate of drug-likeness (QED) is 0.252. The van der Waals surface area contributed by atoms with Crippen LogP contribution in [0.1, 0.15) is 50.8 Å². The molecule has 9 nitrogen and oxygen atoms in total. The zero-order chi connectivity index (χ0) is 29.0. The molecule has 0 aliphatic carbocycles. The van der Waals surface area contributed by atoms with Crippen molar-refractivity contribution in [2.24, 2.45) is 4.99 Å². The maximum atomic E-state index is 14.1. The van der Waals surface area contributed by atoms with E-state index in [1.54, 1.807) is 50.4 Å². The van der Waals surface area contributed by atoms with E-state index in [0.717, 1.165) is 6.42 Å². The molecule has 212 valence electrons. The Labute approximate surface area is 249 Å². The number of rotatable bonds is 10. The van der Waals surface area contributed by atoms with Crippen molar-refractivity contribution in [1.82, 2.24) is 4.57 Å². The van der Waals surface area contributed by atoms with E-state index in [0.29, 0.717) is 65.6 Å². The highest BCUT2D eigenvalue weighted by Gasteiger charge is 2.36. The SMILES string of the molecule is CCCC1=C(C(=O)OCC)[C@@H](c2cc(OC)ccc2OC)n2c(s/c(=C\c3cc(I)c(O)c(OCC)c3)c2=O)=N1. The summed E-state index contributed by atoms with van der Waals surface area (Å²) in [6, 6.07) is 7.89. The van der Waals surface area contributed by atoms with E-state index < -0.39 is 12.0 Å². The molecule has 11 heteroatoms. The van der Waals surface area contributed by atoms with Gasteiger partial charge in [0.2, 0.25) is 0 Å². The maximum Gasteiger partial charge on any atom is 0.338 e. The molecule has 2 heterocycles. The zero-order valence-electron chi connectivity index (χ0n) is 22.9. The van der Waals surface area contributed by atoms with E-state index in [-0.39, 0.29) is 17.9 Å². The number of carbonyl (C=O) groups is 1. The van der Waals surface area contributed by atoms with Gasteiger partial charge in [-0.1, -0.05) is 24.7 Å². The average Bonchev–Trinajstić information content (AvgIpc) is 3.24. The number of benzene rings is 2. The highest BCUT2D eigenvalue weighted by molar-refractivity contribution is 14.1. The van der Waals surface area contributed by atoms with Gasteiger partial charge in [-0.25, -0.2) is 9.79 Å². The molecule has 40 heavy (non-hydrogen) atoms. The van der Waals surface area contributed by atoms with E-state index in [1.165, 1.54) is 23.0 Å². The molecule has 1 N–H and O–H groups in total. The fourth-order valence-electron chi connectivity index (χ4n) is 4.56. The Bertz CT molecular complexity index is 1640. The largest absolute Gasteiger partial charge is 0.504 e. The summed E-state index contributed by atoms with van der Waals surface area (Å²) in [5.41, 5.74) is 1.81. The van der Waals surface area contributed by atoms with Gasteiger partial charge in [-0.05, 0) is 84.8 Å². The number of hydrogen-bond acceptors (Lipinski definition) is 9. The van der Waals surface area contributed by atoms with Gasteiger partial charge in [0.1, 0.15) is 17.5 Å². The number of thiazole rings is 1. The van der Waals surface area contributed by atoms with Gasteiger partial charge in [-0.15, -0.1) is 0 Å². The molecule has 0 unspecified atom stereocenters. The molecule has 1 aliphatic rings. The van der Waals surface area contributed by atoms with Gasteiger partial charge < -0.3 is 24.1 Å². The van der Waals surface area contributed by atoms with Crippen molar-refractivity contribution in [1.29, 1.82) is 0 Å². The second-order valence-electron chi connectivity index (χ2n) is 8.80. The van der Waals surface area contributed by atoms with Gasteiger partial charge in [0.25, 0.3) is 5.56 Å². The number of aromatic nitrogens is 1. The average molecular weight is 679 g/mol. The Morgan fingerprint density at radius 3 is 2.55 bits per heavy atom. The Morgan fingerprint density at radius 2 is 1.90 bits per heavy atom. The lowest BCUT2D eigenvalue weighted by molar-refractivity contribution is -0.139. The van der Waals surface area contributed by atoms with Crippen LogP contribution >= 0.6 is 33.9 Å². The summed E-state index contributed by atoms with van der Waals surface area (Å²) in [7, 11) is 3.09. The van der Waals surface area contributed by atoms with Crippen molar-refractivity contribution in [3.05, 3.63) is 76.0 Å². The minimum absolute atomic E-state index is 0.0504. The standard InChI is InChI=1S/C29H31IN2O7S/c1-6-9-20-24(28(35)39-8-3)25(18-15-17(36-4)10-11-21(18)37-5)32-27(34)23(40-29(32)31-20)14-16-12-19(30)26(33)22(13-16)38-7-2/h10-15,25,33H,6-9H2,1-5H3/b23-14-/t25-/m1/s1. The Morgan fingerprint density at radius 1 is 1.12 bits per heavy atom. The highest BCUT2D eigenvalue weighted by atomic mass is 127. The van der Waals surface area contributed by atoms with Crippen LogP contribution in [0.4, 0.5) is 0 Å². The summed E-state index contributed by atoms with van der Waals surface area (Å²) in [6.45, 7) is 6.14. The van der Waals surface area contributed by atoms with E-state index in [1.807, 2.05) is 36.4 Å². The zero-order valence-corrected chi connectivity index (χ0v) is 25.9. The van der Waals surface area contributed by atoms with Crippen molar-refractivity contribution in [3.63, 3.8) is 0 Å². The van der Waals surface area contributed by atoms with Crippen LogP contribution in [0.2, 0.25) is 0 Å². The Balaban J connectivity index is 2.04. The minimum atomic E-state index is -0.844. The molecule has 0 saturated carbocycles. The number of carbonyl (C=O) groups excluding carboxylic acids is 1. The van der Waals surface area contributed by atoms with Crippen LogP contribution in [-0.2, 0) is 9.53 Å². The predicted molar refractivity (Wildman–Crippen MR) is 161 cm³/mol. The molecule has 1 aliphatic heterocycles. The first-order valence-electron chi connectivity index (χ1n) is 12.9. The van der Waals surface area contributed by atoms with E-state index in [2.05, 4.69) is 0 Å². The summed E-state index contributed by atoms with van der Waals surface area (Å²) in [5, 5.41) is 10.4. The molecule has 4 rings (SSSR count). The fourth-order valence-corrected chi connectivity index (χ4v) is 6.21. The molecule has 0 radical (unpaired) electrons. The van der Waals surface area contributed by atoms with Gasteiger partial charge in [-0.2, -0.15) is 0 Å². The minimum Gasteiger partial charge on any atom is -0.504 e. The molecular formula is C29H31IN2O7S. The fraction of sp³-hybridized carbons (Fsp3) is 0.345. The summed E-state index contributed by atoms with van der Waals surface area (Å²) in [6.07, 6.45) is 3.00. The first-order valence-corrected chi connectivity index (χ1v) is 14.8. The lowest BCUT2D eigenvalue weighted by atomic mass is 9.93. The number of fused-ring (bicyclic) bond motifs is 1. The Hall–Kier alpha value is -3.32. The van der Waals surface area contributed by atoms with Gasteiger partial charge >= 0.3 is 5.97 Å². The lowest BCUT2D eigenvalue weighted by Crippen LogP contribution is -2.40. The van der Waals surface area contributed by atoms with Crippen LogP contribution in [0.3, 0.4) is 0 Å². The van der Waals surface area contributed by atoms with Crippen LogP contribution < -0.4 is 29.1 Å². The van der Waals surface area contributed by atoms with Gasteiger partial charge in [0, 0.05) is 5.56 Å². The molecule has 0 amide bonds. The molecule has 0 fully saturated rings. The van der Waals surface area contributed by atoms with Crippen LogP contribution in [0.25, 0.3) is 6.08 Å². The number of phenolic OH excluding ortho intramolecular Hbond substituents is 1. The third kappa shape index (κ3) is 5.75. The van der Waals surface area contributed by atoms with Crippen LogP contribution in [0, 0.1) is 3.57 Å². The Kier molecular flexibility index (Phi) is 9.56. The number of halogens is 1. The first-order chi connectivity index (χ1) is 19.3. The van der Waals surface area contributed by atoms with Crippen LogP contribution in [0.15, 0.2) is 51.4 Å². The normalized spacial score (nSPS) is 14.9. The number of methoxy groups -OCH3 is 2. The van der Waals surface area contributed by atoms with Crippen molar-refractivity contribution in [2.75, 3.05) is 27.4 Å². The van der Waals surface area contributed by atoms with Crippen molar-refractivity contribution >= 4 is 46.0 Å². The number of phenols is 1. The molecule has 1 aromatic heterocycles. The molecule has 2 aromatic carbocycles. The second kappa shape index (κ2) is 12.9. The first kappa shape index (κ1) is 29.7. The monoisotopic (exact) mass is 678 g/mol. The summed E-state index contributed by atoms with van der Waals surface area (Å²) < 4.78 is 24.7. The third-order valence-corrected chi connectivity index (χ3v) is 8.08. The van der Waals surface area contributed by atoms with Crippen molar-refractivity contribution in [3.8, 4) is 23.0 Å². The molecule has 0 bridgehead atoms. The number of aromatic hydroxyl groups is 1. The van der Waals surface area contributed by atoms with Crippen molar-refractivity contribution < 1.29 is 28.8 Å². The molecule has 0 spiro atoms. The van der Waals surface area contributed by atoms with Gasteiger partial charge in [-0.3, -0.25) is 9.36 Å². The van der Waals surface area contributed by atoms with Gasteiger partial charge in [0.05, 0.1) is 46.8 Å². The number of nitrogens with zero attached hydrogens (tertiary/aromatic N) is 2. The van der Waals surface area contributed by atoms with Crippen molar-refractivity contribution in [2.45, 2.75) is 39.7 Å². The van der Waals surface area contributed by atoms with Crippen LogP contribution in [0.5, 0.6) is 23.0 Å². The number of esters is 1. The highest BCUT2D eigenvalue weighted by Crippen LogP contribution is 2.39. The molecular weight excluding hydrogens is 647 g/mol. The third-order valence-electron chi connectivity index (χ3n) is 6.27. The summed E-state index contributed by atoms with van der Waals surface area (Å²) >= 11 is 3.25. The smallest absolute Gasteiger partial charge is 0.338 e. The predicted octanol–water partition coefficient (Wildman–Crippen LogP) is 4.30. The molecule has 0 saturated heterocycles. The van der Waals surface area contributed by atoms with E-state index >= 15 is 0 Å². The lowest BCUT2D eigenvalue weighted by Gasteiger charge is -2.27.